The Morgan fingerprint density at radius 3 is 2.50 bits per heavy atom. The summed E-state index contributed by atoms with van der Waals surface area (Å²) in [5, 5.41) is 0. The third kappa shape index (κ3) is 3.33. The molecule has 1 amide bonds. The first-order valence-corrected chi connectivity index (χ1v) is 7.73. The average molecular weight is 275 g/mol. The van der Waals surface area contributed by atoms with Gasteiger partial charge in [0.15, 0.2) is 6.10 Å². The Morgan fingerprint density at radius 2 is 1.85 bits per heavy atom. The first-order chi connectivity index (χ1) is 9.65. The van der Waals surface area contributed by atoms with Gasteiger partial charge in [0.05, 0.1) is 0 Å². The molecule has 20 heavy (non-hydrogen) atoms. The summed E-state index contributed by atoms with van der Waals surface area (Å²) in [6, 6.07) is 6.26. The van der Waals surface area contributed by atoms with E-state index < -0.39 is 6.10 Å². The molecule has 0 saturated carbocycles. The maximum Gasteiger partial charge on any atom is 0.263 e. The van der Waals surface area contributed by atoms with Crippen molar-refractivity contribution < 1.29 is 9.53 Å². The Balaban J connectivity index is 2.04. The summed E-state index contributed by atoms with van der Waals surface area (Å²) < 4.78 is 5.84. The van der Waals surface area contributed by atoms with Gasteiger partial charge in [0.1, 0.15) is 5.75 Å². The number of fused-ring (bicyclic) bond motifs is 1. The van der Waals surface area contributed by atoms with Crippen molar-refractivity contribution in [2.24, 2.45) is 0 Å². The Labute approximate surface area is 121 Å². The lowest BCUT2D eigenvalue weighted by Gasteiger charge is -2.24. The lowest BCUT2D eigenvalue weighted by Crippen LogP contribution is -2.40. The predicted octanol–water partition coefficient (Wildman–Crippen LogP) is 3.20. The number of hydrogen-bond acceptors (Lipinski definition) is 2. The molecule has 3 nitrogen and oxygen atoms in total. The molecule has 0 aromatic heterocycles. The lowest BCUT2D eigenvalue weighted by molar-refractivity contribution is -0.137. The maximum atomic E-state index is 12.2. The number of carbonyl (C=O) groups excluding carboxylic acids is 1. The van der Waals surface area contributed by atoms with Gasteiger partial charge in [-0.05, 0) is 69.7 Å². The van der Waals surface area contributed by atoms with Crippen LogP contribution in [-0.4, -0.2) is 30.0 Å². The number of nitrogens with zero attached hydrogens (tertiary/aromatic N) is 1. The van der Waals surface area contributed by atoms with Gasteiger partial charge in [-0.1, -0.05) is 6.07 Å². The molecule has 0 heterocycles. The summed E-state index contributed by atoms with van der Waals surface area (Å²) in [7, 11) is 0. The second kappa shape index (κ2) is 6.78. The molecule has 0 bridgehead atoms. The largest absolute Gasteiger partial charge is 0.481 e. The number of aryl methyl sites for hydroxylation is 2. The molecule has 0 spiro atoms. The summed E-state index contributed by atoms with van der Waals surface area (Å²) >= 11 is 0. The van der Waals surface area contributed by atoms with E-state index in [2.05, 4.69) is 12.1 Å². The Morgan fingerprint density at radius 1 is 1.20 bits per heavy atom. The van der Waals surface area contributed by atoms with E-state index in [9.17, 15) is 4.79 Å². The fourth-order valence-electron chi connectivity index (χ4n) is 2.83. The molecule has 3 heteroatoms. The van der Waals surface area contributed by atoms with Crippen LogP contribution in [0.4, 0.5) is 0 Å². The van der Waals surface area contributed by atoms with Gasteiger partial charge in [0.25, 0.3) is 5.91 Å². The number of hydrogen-bond donors (Lipinski definition) is 0. The zero-order valence-electron chi connectivity index (χ0n) is 12.8. The number of benzene rings is 1. The van der Waals surface area contributed by atoms with Gasteiger partial charge >= 0.3 is 0 Å². The highest BCUT2D eigenvalue weighted by Crippen LogP contribution is 2.26. The van der Waals surface area contributed by atoms with Crippen LogP contribution >= 0.6 is 0 Å². The van der Waals surface area contributed by atoms with Crippen LogP contribution in [0.15, 0.2) is 18.2 Å². The van der Waals surface area contributed by atoms with Crippen LogP contribution in [-0.2, 0) is 17.6 Å². The van der Waals surface area contributed by atoms with Crippen LogP contribution in [0.3, 0.4) is 0 Å². The van der Waals surface area contributed by atoms with Crippen molar-refractivity contribution in [3.8, 4) is 5.75 Å². The van der Waals surface area contributed by atoms with E-state index in [0.717, 1.165) is 25.3 Å². The smallest absolute Gasteiger partial charge is 0.263 e. The molecule has 0 fully saturated rings. The first-order valence-electron chi connectivity index (χ1n) is 7.73. The number of rotatable bonds is 5. The molecule has 1 unspecified atom stereocenters. The molecule has 0 radical (unpaired) electrons. The monoisotopic (exact) mass is 275 g/mol. The zero-order valence-corrected chi connectivity index (χ0v) is 12.8. The third-order valence-electron chi connectivity index (χ3n) is 4.06. The van der Waals surface area contributed by atoms with Gasteiger partial charge < -0.3 is 9.64 Å². The van der Waals surface area contributed by atoms with E-state index in [0.29, 0.717) is 0 Å². The summed E-state index contributed by atoms with van der Waals surface area (Å²) in [6.07, 6.45) is 4.42. The maximum absolute atomic E-state index is 12.2. The van der Waals surface area contributed by atoms with Gasteiger partial charge in [0.2, 0.25) is 0 Å². The zero-order chi connectivity index (χ0) is 14.5. The Bertz CT molecular complexity index is 466. The SMILES string of the molecule is CCN(CC)C(=O)C(C)Oc1ccc2c(c1)CCCC2. The van der Waals surface area contributed by atoms with Gasteiger partial charge in [-0.25, -0.2) is 0 Å². The number of carbonyl (C=O) groups is 1. The number of amides is 1. The Kier molecular flexibility index (Phi) is 5.05. The lowest BCUT2D eigenvalue weighted by atomic mass is 9.92. The van der Waals surface area contributed by atoms with Gasteiger partial charge in [-0.15, -0.1) is 0 Å². The third-order valence-corrected chi connectivity index (χ3v) is 4.06. The van der Waals surface area contributed by atoms with Crippen molar-refractivity contribution in [3.63, 3.8) is 0 Å². The molecular formula is C17H25NO2. The van der Waals surface area contributed by atoms with Gasteiger partial charge in [0, 0.05) is 13.1 Å². The average Bonchev–Trinajstić information content (AvgIpc) is 2.48. The van der Waals surface area contributed by atoms with Crippen molar-refractivity contribution in [2.75, 3.05) is 13.1 Å². The van der Waals surface area contributed by atoms with E-state index >= 15 is 0 Å². The normalized spacial score (nSPS) is 15.3. The minimum Gasteiger partial charge on any atom is -0.481 e. The van der Waals surface area contributed by atoms with E-state index in [1.54, 1.807) is 0 Å². The summed E-state index contributed by atoms with van der Waals surface area (Å²) in [5.41, 5.74) is 2.82. The molecule has 1 aliphatic rings. The molecule has 110 valence electrons. The molecule has 1 aromatic rings. The highest BCUT2D eigenvalue weighted by Gasteiger charge is 2.20. The van der Waals surface area contributed by atoms with Crippen LogP contribution < -0.4 is 4.74 Å². The Hall–Kier alpha value is -1.51. The molecular weight excluding hydrogens is 250 g/mol. The molecule has 0 aliphatic heterocycles. The summed E-state index contributed by atoms with van der Waals surface area (Å²) in [4.78, 5) is 14.0. The number of likely N-dealkylation sites (N-methyl/N-ethyl adjacent to an activating group) is 1. The molecule has 1 aromatic carbocycles. The highest BCUT2D eigenvalue weighted by atomic mass is 16.5. The van der Waals surface area contributed by atoms with Crippen LogP contribution in [0.1, 0.15) is 44.7 Å². The quantitative estimate of drug-likeness (QED) is 0.826. The molecule has 2 rings (SSSR count). The van der Waals surface area contributed by atoms with Crippen molar-refractivity contribution >= 4 is 5.91 Å². The summed E-state index contributed by atoms with van der Waals surface area (Å²) in [5.74, 6) is 0.881. The van der Waals surface area contributed by atoms with Crippen molar-refractivity contribution in [3.05, 3.63) is 29.3 Å². The topological polar surface area (TPSA) is 29.5 Å². The highest BCUT2D eigenvalue weighted by molar-refractivity contribution is 5.80. The van der Waals surface area contributed by atoms with E-state index in [4.69, 9.17) is 4.74 Å². The second-order valence-electron chi connectivity index (χ2n) is 5.41. The fraction of sp³-hybridized carbons (Fsp3) is 0.588. The van der Waals surface area contributed by atoms with Crippen molar-refractivity contribution in [1.82, 2.24) is 4.90 Å². The second-order valence-corrected chi connectivity index (χ2v) is 5.41. The first kappa shape index (κ1) is 14.9. The molecule has 1 aliphatic carbocycles. The van der Waals surface area contributed by atoms with Crippen LogP contribution in [0.25, 0.3) is 0 Å². The molecule has 0 saturated heterocycles. The predicted molar refractivity (Wildman–Crippen MR) is 81.1 cm³/mol. The van der Waals surface area contributed by atoms with E-state index in [-0.39, 0.29) is 5.91 Å². The standard InChI is InChI=1S/C17H25NO2/c1-4-18(5-2)17(19)13(3)20-16-11-10-14-8-6-7-9-15(14)12-16/h10-13H,4-9H2,1-3H3. The van der Waals surface area contributed by atoms with Crippen LogP contribution in [0, 0.1) is 0 Å². The van der Waals surface area contributed by atoms with Crippen LogP contribution in [0.5, 0.6) is 5.75 Å². The minimum absolute atomic E-state index is 0.0627. The van der Waals surface area contributed by atoms with E-state index in [1.807, 2.05) is 31.7 Å². The number of ether oxygens (including phenoxy) is 1. The fourth-order valence-corrected chi connectivity index (χ4v) is 2.83. The van der Waals surface area contributed by atoms with Gasteiger partial charge in [-0.3, -0.25) is 4.79 Å². The van der Waals surface area contributed by atoms with Crippen molar-refractivity contribution in [1.29, 1.82) is 0 Å². The van der Waals surface area contributed by atoms with Crippen molar-refractivity contribution in [2.45, 2.75) is 52.6 Å². The van der Waals surface area contributed by atoms with E-state index in [1.165, 1.54) is 30.4 Å². The van der Waals surface area contributed by atoms with Gasteiger partial charge in [-0.2, -0.15) is 0 Å². The van der Waals surface area contributed by atoms with Crippen LogP contribution in [0.2, 0.25) is 0 Å². The minimum atomic E-state index is -0.420. The molecule has 0 N–H and O–H groups in total. The molecule has 1 atom stereocenters. The summed E-state index contributed by atoms with van der Waals surface area (Å²) in [6.45, 7) is 7.28.